The zero-order valence-electron chi connectivity index (χ0n) is 8.42. The molecule has 2 rings (SSSR count). The maximum atomic E-state index is 11.7. The fourth-order valence-electron chi connectivity index (χ4n) is 2.28. The zero-order valence-corrected chi connectivity index (χ0v) is 9.24. The lowest BCUT2D eigenvalue weighted by Crippen LogP contribution is -2.39. The third kappa shape index (κ3) is 2.85. The molecule has 2 fully saturated rings. The molecule has 0 aromatic carbocycles. The SMILES string of the molecule is Cl.O=C(NC1CCNC1)C1CCCC1. The van der Waals surface area contributed by atoms with E-state index in [1.807, 2.05) is 0 Å². The number of halogens is 1. The Hall–Kier alpha value is -0.280. The first-order valence-corrected chi connectivity index (χ1v) is 5.37. The second-order valence-electron chi connectivity index (χ2n) is 4.18. The largest absolute Gasteiger partial charge is 0.352 e. The molecule has 1 atom stereocenters. The van der Waals surface area contributed by atoms with Crippen molar-refractivity contribution in [1.82, 2.24) is 10.6 Å². The van der Waals surface area contributed by atoms with Crippen molar-refractivity contribution < 1.29 is 4.79 Å². The molecular formula is C10H19ClN2O. The molecule has 0 aromatic heterocycles. The molecular weight excluding hydrogens is 200 g/mol. The minimum atomic E-state index is 0. The lowest BCUT2D eigenvalue weighted by atomic mass is 10.1. The van der Waals surface area contributed by atoms with Crippen LogP contribution in [0.2, 0.25) is 0 Å². The average molecular weight is 219 g/mol. The monoisotopic (exact) mass is 218 g/mol. The van der Waals surface area contributed by atoms with Crippen molar-refractivity contribution in [3.05, 3.63) is 0 Å². The first-order valence-electron chi connectivity index (χ1n) is 5.37. The highest BCUT2D eigenvalue weighted by Gasteiger charge is 2.25. The highest BCUT2D eigenvalue weighted by atomic mass is 35.5. The summed E-state index contributed by atoms with van der Waals surface area (Å²) in [6, 6.07) is 0.396. The highest BCUT2D eigenvalue weighted by molar-refractivity contribution is 5.85. The number of nitrogens with one attached hydrogen (secondary N) is 2. The van der Waals surface area contributed by atoms with Crippen LogP contribution in [0, 0.1) is 5.92 Å². The fraction of sp³-hybridized carbons (Fsp3) is 0.900. The molecule has 82 valence electrons. The van der Waals surface area contributed by atoms with Crippen LogP contribution in [0.1, 0.15) is 32.1 Å². The number of amides is 1. The molecule has 0 radical (unpaired) electrons. The molecule has 1 unspecified atom stereocenters. The second kappa shape index (κ2) is 5.56. The molecule has 2 N–H and O–H groups in total. The van der Waals surface area contributed by atoms with Crippen LogP contribution >= 0.6 is 12.4 Å². The van der Waals surface area contributed by atoms with Gasteiger partial charge in [-0.05, 0) is 25.8 Å². The van der Waals surface area contributed by atoms with Crippen LogP contribution < -0.4 is 10.6 Å². The smallest absolute Gasteiger partial charge is 0.223 e. The van der Waals surface area contributed by atoms with Gasteiger partial charge in [-0.25, -0.2) is 0 Å². The van der Waals surface area contributed by atoms with E-state index in [9.17, 15) is 4.79 Å². The molecule has 1 aliphatic heterocycles. The zero-order chi connectivity index (χ0) is 9.10. The fourth-order valence-corrected chi connectivity index (χ4v) is 2.28. The van der Waals surface area contributed by atoms with Crippen molar-refractivity contribution in [3.8, 4) is 0 Å². The lowest BCUT2D eigenvalue weighted by molar-refractivity contribution is -0.125. The summed E-state index contributed by atoms with van der Waals surface area (Å²) < 4.78 is 0. The van der Waals surface area contributed by atoms with E-state index >= 15 is 0 Å². The van der Waals surface area contributed by atoms with Crippen LogP contribution in [-0.2, 0) is 4.79 Å². The van der Waals surface area contributed by atoms with Crippen LogP contribution in [0.4, 0.5) is 0 Å². The van der Waals surface area contributed by atoms with Gasteiger partial charge in [0.2, 0.25) is 5.91 Å². The number of hydrogen-bond donors (Lipinski definition) is 2. The first kappa shape index (κ1) is 11.8. The molecule has 1 amide bonds. The molecule has 14 heavy (non-hydrogen) atoms. The molecule has 0 bridgehead atoms. The first-order chi connectivity index (χ1) is 6.36. The minimum Gasteiger partial charge on any atom is -0.352 e. The van der Waals surface area contributed by atoms with Gasteiger partial charge in [-0.1, -0.05) is 12.8 Å². The summed E-state index contributed by atoms with van der Waals surface area (Å²) in [5.41, 5.74) is 0. The Morgan fingerprint density at radius 3 is 2.50 bits per heavy atom. The van der Waals surface area contributed by atoms with Crippen LogP contribution in [0.5, 0.6) is 0 Å². The maximum Gasteiger partial charge on any atom is 0.223 e. The van der Waals surface area contributed by atoms with E-state index in [1.165, 1.54) is 12.8 Å². The van der Waals surface area contributed by atoms with Crippen molar-refractivity contribution in [2.24, 2.45) is 5.92 Å². The molecule has 1 heterocycles. The topological polar surface area (TPSA) is 41.1 Å². The number of carbonyl (C=O) groups is 1. The van der Waals surface area contributed by atoms with Gasteiger partial charge in [0.15, 0.2) is 0 Å². The van der Waals surface area contributed by atoms with Crippen LogP contribution in [0.3, 0.4) is 0 Å². The number of rotatable bonds is 2. The van der Waals surface area contributed by atoms with Gasteiger partial charge in [0.1, 0.15) is 0 Å². The molecule has 4 heteroatoms. The van der Waals surface area contributed by atoms with Gasteiger partial charge in [0.05, 0.1) is 0 Å². The van der Waals surface area contributed by atoms with Gasteiger partial charge >= 0.3 is 0 Å². The average Bonchev–Trinajstić information content (AvgIpc) is 2.74. The van der Waals surface area contributed by atoms with Crippen LogP contribution in [0.15, 0.2) is 0 Å². The van der Waals surface area contributed by atoms with E-state index in [-0.39, 0.29) is 12.4 Å². The summed E-state index contributed by atoms with van der Waals surface area (Å²) >= 11 is 0. The predicted octanol–water partition coefficient (Wildman–Crippen LogP) is 1.08. The summed E-state index contributed by atoms with van der Waals surface area (Å²) in [7, 11) is 0. The van der Waals surface area contributed by atoms with Gasteiger partial charge in [-0.2, -0.15) is 0 Å². The van der Waals surface area contributed by atoms with Crippen molar-refractivity contribution in [1.29, 1.82) is 0 Å². The minimum absolute atomic E-state index is 0. The molecule has 0 aromatic rings. The van der Waals surface area contributed by atoms with Gasteiger partial charge in [0.25, 0.3) is 0 Å². The summed E-state index contributed by atoms with van der Waals surface area (Å²) in [6.07, 6.45) is 5.78. The summed E-state index contributed by atoms with van der Waals surface area (Å²) in [5, 5.41) is 6.37. The van der Waals surface area contributed by atoms with Crippen LogP contribution in [0.25, 0.3) is 0 Å². The van der Waals surface area contributed by atoms with E-state index < -0.39 is 0 Å². The Bertz CT molecular complexity index is 187. The Morgan fingerprint density at radius 1 is 1.21 bits per heavy atom. The van der Waals surface area contributed by atoms with Crippen molar-refractivity contribution in [2.75, 3.05) is 13.1 Å². The van der Waals surface area contributed by atoms with Crippen molar-refractivity contribution in [3.63, 3.8) is 0 Å². The lowest BCUT2D eigenvalue weighted by Gasteiger charge is -2.14. The molecule has 1 saturated carbocycles. The van der Waals surface area contributed by atoms with Gasteiger partial charge < -0.3 is 10.6 Å². The standard InChI is InChI=1S/C10H18N2O.ClH/c13-10(8-3-1-2-4-8)12-9-5-6-11-7-9;/h8-9,11H,1-7H2,(H,12,13);1H. The second-order valence-corrected chi connectivity index (χ2v) is 4.18. The van der Waals surface area contributed by atoms with Crippen molar-refractivity contribution >= 4 is 18.3 Å². The molecule has 0 spiro atoms. The predicted molar refractivity (Wildman–Crippen MR) is 58.6 cm³/mol. The van der Waals surface area contributed by atoms with E-state index in [1.54, 1.807) is 0 Å². The van der Waals surface area contributed by atoms with Gasteiger partial charge in [-0.15, -0.1) is 12.4 Å². The Balaban J connectivity index is 0.000000980. The molecule has 3 nitrogen and oxygen atoms in total. The van der Waals surface area contributed by atoms with E-state index in [0.717, 1.165) is 32.4 Å². The Morgan fingerprint density at radius 2 is 1.93 bits per heavy atom. The Kier molecular flexibility index (Phi) is 4.69. The Labute approximate surface area is 91.4 Å². The van der Waals surface area contributed by atoms with Gasteiger partial charge in [0, 0.05) is 18.5 Å². The highest BCUT2D eigenvalue weighted by Crippen LogP contribution is 2.24. The van der Waals surface area contributed by atoms with Gasteiger partial charge in [-0.3, -0.25) is 4.79 Å². The molecule has 1 saturated heterocycles. The summed E-state index contributed by atoms with van der Waals surface area (Å²) in [5.74, 6) is 0.617. The summed E-state index contributed by atoms with van der Waals surface area (Å²) in [6.45, 7) is 2.01. The van der Waals surface area contributed by atoms with Crippen molar-refractivity contribution in [2.45, 2.75) is 38.1 Å². The quantitative estimate of drug-likeness (QED) is 0.728. The van der Waals surface area contributed by atoms with E-state index in [4.69, 9.17) is 0 Å². The third-order valence-corrected chi connectivity index (χ3v) is 3.13. The van der Waals surface area contributed by atoms with Crippen LogP contribution in [-0.4, -0.2) is 25.0 Å². The summed E-state index contributed by atoms with van der Waals surface area (Å²) in [4.78, 5) is 11.7. The maximum absolute atomic E-state index is 11.7. The number of hydrogen-bond acceptors (Lipinski definition) is 2. The number of carbonyl (C=O) groups excluding carboxylic acids is 1. The third-order valence-electron chi connectivity index (χ3n) is 3.13. The van der Waals surface area contributed by atoms with E-state index in [0.29, 0.717) is 17.9 Å². The molecule has 2 aliphatic rings. The molecule has 1 aliphatic carbocycles. The normalized spacial score (nSPS) is 27.3. The van der Waals surface area contributed by atoms with E-state index in [2.05, 4.69) is 10.6 Å².